The molecular formula is C16H19F3N2O4. The topological polar surface area (TPSA) is 69.5 Å². The fourth-order valence-corrected chi connectivity index (χ4v) is 1.86. The van der Waals surface area contributed by atoms with Gasteiger partial charge < -0.3 is 0 Å². The first-order valence-electron chi connectivity index (χ1n) is 7.61. The van der Waals surface area contributed by atoms with E-state index in [1.165, 1.54) is 12.1 Å². The number of halogens is 3. The maximum absolute atomic E-state index is 11.8. The molecule has 0 N–H and O–H groups in total. The van der Waals surface area contributed by atoms with Gasteiger partial charge in [0.1, 0.15) is 6.10 Å². The summed E-state index contributed by atoms with van der Waals surface area (Å²) in [5.74, 6) is -0.713. The molecule has 0 bridgehead atoms. The van der Waals surface area contributed by atoms with Crippen molar-refractivity contribution in [3.8, 4) is 0 Å². The Bertz CT molecular complexity index is 574. The molecule has 1 aromatic carbocycles. The van der Waals surface area contributed by atoms with Crippen LogP contribution < -0.4 is 0 Å². The van der Waals surface area contributed by atoms with Gasteiger partial charge in [-0.15, -0.1) is 18.3 Å². The predicted octanol–water partition coefficient (Wildman–Crippen LogP) is 5.50. The van der Waals surface area contributed by atoms with E-state index in [0.29, 0.717) is 12.0 Å². The summed E-state index contributed by atoms with van der Waals surface area (Å²) in [6.07, 6.45) is -0.949. The van der Waals surface area contributed by atoms with E-state index in [-0.39, 0.29) is 5.69 Å². The molecule has 0 radical (unpaired) electrons. The SMILES string of the molecule is C=CC(=O)OOC(CCCCC)c1ccc(N=NOC(F)(F)F)cc1. The summed E-state index contributed by atoms with van der Waals surface area (Å²) in [4.78, 5) is 24.1. The number of hydrogen-bond acceptors (Lipinski definition) is 6. The number of carbonyl (C=O) groups is 1. The lowest BCUT2D eigenvalue weighted by Crippen LogP contribution is -2.09. The monoisotopic (exact) mass is 360 g/mol. The van der Waals surface area contributed by atoms with Crippen LogP contribution in [0.15, 0.2) is 47.3 Å². The lowest BCUT2D eigenvalue weighted by atomic mass is 10.0. The van der Waals surface area contributed by atoms with Gasteiger partial charge in [-0.05, 0) is 24.1 Å². The average molecular weight is 360 g/mol. The molecule has 0 amide bonds. The predicted molar refractivity (Wildman–Crippen MR) is 82.4 cm³/mol. The molecule has 0 spiro atoms. The van der Waals surface area contributed by atoms with E-state index in [1.807, 2.05) is 0 Å². The smallest absolute Gasteiger partial charge is 0.293 e. The Kier molecular flexibility index (Phi) is 8.62. The summed E-state index contributed by atoms with van der Waals surface area (Å²) in [6.45, 7) is 5.33. The van der Waals surface area contributed by atoms with Gasteiger partial charge >= 0.3 is 12.3 Å². The third-order valence-corrected chi connectivity index (χ3v) is 3.05. The van der Waals surface area contributed by atoms with Crippen molar-refractivity contribution in [1.29, 1.82) is 0 Å². The maximum atomic E-state index is 11.8. The van der Waals surface area contributed by atoms with Crippen molar-refractivity contribution < 1.29 is 32.6 Å². The zero-order valence-corrected chi connectivity index (χ0v) is 13.7. The number of alkyl halides is 3. The zero-order valence-electron chi connectivity index (χ0n) is 13.7. The third kappa shape index (κ3) is 8.85. The summed E-state index contributed by atoms with van der Waals surface area (Å²) >= 11 is 0. The van der Waals surface area contributed by atoms with Crippen molar-refractivity contribution in [2.24, 2.45) is 10.4 Å². The Morgan fingerprint density at radius 3 is 2.52 bits per heavy atom. The summed E-state index contributed by atoms with van der Waals surface area (Å²) < 4.78 is 35.4. The molecule has 1 aromatic rings. The van der Waals surface area contributed by atoms with Crippen molar-refractivity contribution in [2.75, 3.05) is 0 Å². The second-order valence-electron chi connectivity index (χ2n) is 5.00. The first kappa shape index (κ1) is 20.6. The van der Waals surface area contributed by atoms with Crippen LogP contribution >= 0.6 is 0 Å². The van der Waals surface area contributed by atoms with Gasteiger partial charge in [-0.2, -0.15) is 4.89 Å². The summed E-state index contributed by atoms with van der Waals surface area (Å²) in [7, 11) is 0. The van der Waals surface area contributed by atoms with E-state index < -0.39 is 18.4 Å². The van der Waals surface area contributed by atoms with Gasteiger partial charge in [0.25, 0.3) is 0 Å². The van der Waals surface area contributed by atoms with E-state index >= 15 is 0 Å². The number of carbonyl (C=O) groups excluding carboxylic acids is 1. The number of nitrogens with zero attached hydrogens (tertiary/aromatic N) is 2. The third-order valence-electron chi connectivity index (χ3n) is 3.05. The fraction of sp³-hybridized carbons (Fsp3) is 0.438. The van der Waals surface area contributed by atoms with E-state index in [2.05, 4.69) is 33.6 Å². The van der Waals surface area contributed by atoms with Gasteiger partial charge in [-0.1, -0.05) is 44.9 Å². The van der Waals surface area contributed by atoms with E-state index in [9.17, 15) is 18.0 Å². The van der Waals surface area contributed by atoms with Gasteiger partial charge in [0.05, 0.1) is 5.69 Å². The Morgan fingerprint density at radius 1 is 1.28 bits per heavy atom. The average Bonchev–Trinajstić information content (AvgIpc) is 2.57. The lowest BCUT2D eigenvalue weighted by molar-refractivity contribution is -0.329. The Balaban J connectivity index is 2.73. The Morgan fingerprint density at radius 2 is 1.96 bits per heavy atom. The van der Waals surface area contributed by atoms with Crippen molar-refractivity contribution >= 4 is 11.7 Å². The van der Waals surface area contributed by atoms with Crippen LogP contribution in [-0.2, 0) is 19.4 Å². The first-order valence-corrected chi connectivity index (χ1v) is 7.61. The van der Waals surface area contributed by atoms with Crippen LogP contribution in [0.2, 0.25) is 0 Å². The molecule has 0 aromatic heterocycles. The molecule has 9 heteroatoms. The molecule has 0 heterocycles. The van der Waals surface area contributed by atoms with Crippen LogP contribution in [0.25, 0.3) is 0 Å². The number of hydrogen-bond donors (Lipinski definition) is 0. The number of rotatable bonds is 10. The van der Waals surface area contributed by atoms with Gasteiger partial charge in [0.15, 0.2) is 0 Å². The van der Waals surface area contributed by atoms with E-state index in [0.717, 1.165) is 25.3 Å². The molecule has 25 heavy (non-hydrogen) atoms. The molecule has 1 unspecified atom stereocenters. The fourth-order valence-electron chi connectivity index (χ4n) is 1.86. The molecule has 0 aliphatic carbocycles. The summed E-state index contributed by atoms with van der Waals surface area (Å²) in [6, 6.07) is 6.09. The Hall–Kier alpha value is -2.42. The van der Waals surface area contributed by atoms with Crippen molar-refractivity contribution in [2.45, 2.75) is 45.1 Å². The van der Waals surface area contributed by atoms with E-state index in [1.54, 1.807) is 12.1 Å². The largest absolute Gasteiger partial charge is 0.594 e. The maximum Gasteiger partial charge on any atom is 0.594 e. The highest BCUT2D eigenvalue weighted by atomic mass is 19.4. The van der Waals surface area contributed by atoms with Crippen LogP contribution in [-0.4, -0.2) is 12.3 Å². The molecule has 1 atom stereocenters. The number of benzene rings is 1. The molecule has 0 aliphatic heterocycles. The molecule has 0 aliphatic rings. The van der Waals surface area contributed by atoms with Crippen LogP contribution in [0.4, 0.5) is 18.9 Å². The highest BCUT2D eigenvalue weighted by Crippen LogP contribution is 2.27. The van der Waals surface area contributed by atoms with E-state index in [4.69, 9.17) is 4.89 Å². The van der Waals surface area contributed by atoms with Crippen LogP contribution in [0, 0.1) is 0 Å². The first-order chi connectivity index (χ1) is 11.9. The molecule has 0 fully saturated rings. The minimum Gasteiger partial charge on any atom is -0.293 e. The van der Waals surface area contributed by atoms with Gasteiger partial charge in [-0.3, -0.25) is 9.73 Å². The zero-order chi connectivity index (χ0) is 18.7. The molecule has 1 rings (SSSR count). The molecule has 0 saturated heterocycles. The summed E-state index contributed by atoms with van der Waals surface area (Å²) in [5, 5.41) is 5.91. The lowest BCUT2D eigenvalue weighted by Gasteiger charge is -2.16. The molecule has 138 valence electrons. The Labute approximate surface area is 143 Å². The van der Waals surface area contributed by atoms with Gasteiger partial charge in [0, 0.05) is 11.4 Å². The van der Waals surface area contributed by atoms with Crippen molar-refractivity contribution in [3.05, 3.63) is 42.5 Å². The second-order valence-corrected chi connectivity index (χ2v) is 5.00. The molecular weight excluding hydrogens is 341 g/mol. The van der Waals surface area contributed by atoms with Crippen molar-refractivity contribution in [1.82, 2.24) is 0 Å². The second kappa shape index (κ2) is 10.4. The number of unbranched alkanes of at least 4 members (excludes halogenated alkanes) is 2. The highest BCUT2D eigenvalue weighted by molar-refractivity contribution is 5.80. The summed E-state index contributed by atoms with van der Waals surface area (Å²) in [5.41, 5.74) is 0.854. The van der Waals surface area contributed by atoms with Gasteiger partial charge in [0.2, 0.25) is 0 Å². The highest BCUT2D eigenvalue weighted by Gasteiger charge is 2.31. The van der Waals surface area contributed by atoms with Crippen LogP contribution in [0.5, 0.6) is 0 Å². The van der Waals surface area contributed by atoms with Crippen molar-refractivity contribution in [3.63, 3.8) is 0 Å². The standard InChI is InChI=1S/C16H19F3N2O4/c1-3-5-6-7-14(23-24-15(22)4-2)12-8-10-13(11-9-12)20-21-25-16(17,18)19/h4,8-11,14H,2-3,5-7H2,1H3. The molecule has 0 saturated carbocycles. The van der Waals surface area contributed by atoms with Gasteiger partial charge in [-0.25, -0.2) is 4.79 Å². The molecule has 6 nitrogen and oxygen atoms in total. The minimum atomic E-state index is -4.88. The normalized spacial score (nSPS) is 12.8. The quantitative estimate of drug-likeness (QED) is 0.181. The minimum absolute atomic E-state index is 0.170. The van der Waals surface area contributed by atoms with Crippen LogP contribution in [0.3, 0.4) is 0 Å². The van der Waals surface area contributed by atoms with Crippen LogP contribution in [0.1, 0.15) is 44.3 Å².